The number of likely N-dealkylation sites (N-methyl/N-ethyl adjacent to an activating group) is 1. The van der Waals surface area contributed by atoms with E-state index in [9.17, 15) is 4.79 Å². The second-order valence-electron chi connectivity index (χ2n) is 9.25. The topological polar surface area (TPSA) is 44.8 Å². The lowest BCUT2D eigenvalue weighted by Gasteiger charge is -2.53. The van der Waals surface area contributed by atoms with E-state index in [2.05, 4.69) is 42.8 Å². The second-order valence-corrected chi connectivity index (χ2v) is 9.69. The number of fused-ring (bicyclic) bond motifs is 4. The summed E-state index contributed by atoms with van der Waals surface area (Å²) in [5.41, 5.74) is 0.705. The highest BCUT2D eigenvalue weighted by atomic mass is 35.5. The Morgan fingerprint density at radius 1 is 1.22 bits per heavy atom. The minimum absolute atomic E-state index is 0.0867. The molecule has 0 saturated carbocycles. The number of anilines is 1. The number of amides is 1. The molecule has 1 N–H and O–H groups in total. The van der Waals surface area contributed by atoms with Gasteiger partial charge in [0.1, 0.15) is 5.60 Å². The van der Waals surface area contributed by atoms with Crippen molar-refractivity contribution in [3.8, 4) is 5.75 Å². The molecule has 0 spiro atoms. The van der Waals surface area contributed by atoms with Crippen molar-refractivity contribution < 1.29 is 9.53 Å². The van der Waals surface area contributed by atoms with Gasteiger partial charge in [-0.05, 0) is 71.7 Å². The summed E-state index contributed by atoms with van der Waals surface area (Å²) in [4.78, 5) is 17.8. The van der Waals surface area contributed by atoms with Crippen LogP contribution in [0.25, 0.3) is 0 Å². The van der Waals surface area contributed by atoms with Gasteiger partial charge in [-0.3, -0.25) is 4.79 Å². The zero-order valence-corrected chi connectivity index (χ0v) is 17.7. The maximum absolute atomic E-state index is 13.2. The van der Waals surface area contributed by atoms with Crippen LogP contribution in [0.5, 0.6) is 5.75 Å². The number of carbonyl (C=O) groups excluding carboxylic acids is 1. The lowest BCUT2D eigenvalue weighted by Crippen LogP contribution is -2.62. The van der Waals surface area contributed by atoms with Crippen molar-refractivity contribution in [2.75, 3.05) is 31.6 Å². The van der Waals surface area contributed by atoms with Crippen LogP contribution < -0.4 is 15.0 Å². The molecule has 0 aromatic heterocycles. The standard InChI is InChI=1S/C21H30ClN3O2/c1-20(2)21(3,4)27-18-15(10-14(22)11-17(18)24(20)5)19(26)23-16-12-25-8-6-13(16)7-9-25/h10-11,13,16H,6-9,12H2,1-5H3,(H,23,26). The number of piperidine rings is 3. The Bertz CT molecular complexity index is 769. The first-order chi connectivity index (χ1) is 12.6. The molecule has 0 aliphatic carbocycles. The molecular formula is C21H30ClN3O2. The van der Waals surface area contributed by atoms with Crippen LogP contribution >= 0.6 is 11.6 Å². The normalized spacial score (nSPS) is 30.4. The van der Waals surface area contributed by atoms with Gasteiger partial charge in [0.05, 0.1) is 16.8 Å². The van der Waals surface area contributed by atoms with Crippen molar-refractivity contribution in [1.29, 1.82) is 0 Å². The Hall–Kier alpha value is -1.46. The number of ether oxygens (including phenoxy) is 1. The molecule has 4 heterocycles. The van der Waals surface area contributed by atoms with Gasteiger partial charge in [0.25, 0.3) is 5.91 Å². The number of nitrogens with zero attached hydrogens (tertiary/aromatic N) is 2. The van der Waals surface area contributed by atoms with Crippen LogP contribution in [0.1, 0.15) is 50.9 Å². The smallest absolute Gasteiger partial charge is 0.255 e. The van der Waals surface area contributed by atoms with Gasteiger partial charge < -0.3 is 19.9 Å². The Morgan fingerprint density at radius 3 is 2.48 bits per heavy atom. The number of hydrogen-bond donors (Lipinski definition) is 1. The zero-order valence-electron chi connectivity index (χ0n) is 16.9. The Morgan fingerprint density at radius 2 is 1.89 bits per heavy atom. The molecule has 1 amide bonds. The lowest BCUT2D eigenvalue weighted by atomic mass is 9.81. The number of hydrogen-bond acceptors (Lipinski definition) is 4. The van der Waals surface area contributed by atoms with Crippen molar-refractivity contribution in [3.05, 3.63) is 22.7 Å². The average Bonchev–Trinajstić information content (AvgIpc) is 2.61. The van der Waals surface area contributed by atoms with Crippen LogP contribution in [0.3, 0.4) is 0 Å². The highest BCUT2D eigenvalue weighted by Crippen LogP contribution is 2.47. The first kappa shape index (κ1) is 18.9. The van der Waals surface area contributed by atoms with Crippen LogP contribution in [-0.4, -0.2) is 54.7 Å². The maximum Gasteiger partial charge on any atom is 0.255 e. The van der Waals surface area contributed by atoms with E-state index >= 15 is 0 Å². The third-order valence-electron chi connectivity index (χ3n) is 7.28. The SMILES string of the molecule is CN1c2cc(Cl)cc(C(=O)NC3CN4CCC3CC4)c2OC(C)(C)C1(C)C. The lowest BCUT2D eigenvalue weighted by molar-refractivity contribution is 0.0241. The number of halogens is 1. The molecule has 0 radical (unpaired) electrons. The molecule has 4 aliphatic heterocycles. The third kappa shape index (κ3) is 2.99. The van der Waals surface area contributed by atoms with E-state index in [-0.39, 0.29) is 17.5 Å². The van der Waals surface area contributed by atoms with E-state index in [4.69, 9.17) is 16.3 Å². The molecule has 6 heteroatoms. The van der Waals surface area contributed by atoms with Gasteiger partial charge in [-0.2, -0.15) is 0 Å². The number of benzene rings is 1. The predicted molar refractivity (Wildman–Crippen MR) is 109 cm³/mol. The van der Waals surface area contributed by atoms with Crippen molar-refractivity contribution in [2.24, 2.45) is 5.92 Å². The number of rotatable bonds is 2. The summed E-state index contributed by atoms with van der Waals surface area (Å²) in [6.45, 7) is 11.7. The maximum atomic E-state index is 13.2. The first-order valence-electron chi connectivity index (χ1n) is 9.90. The summed E-state index contributed by atoms with van der Waals surface area (Å²) in [5, 5.41) is 3.82. The van der Waals surface area contributed by atoms with Crippen LogP contribution in [0, 0.1) is 5.92 Å². The summed E-state index contributed by atoms with van der Waals surface area (Å²) in [6, 6.07) is 3.83. The Balaban J connectivity index is 1.67. The van der Waals surface area contributed by atoms with E-state index in [0.29, 0.717) is 22.3 Å². The highest BCUT2D eigenvalue weighted by Gasteiger charge is 2.48. The molecule has 2 bridgehead atoms. The number of carbonyl (C=O) groups is 1. The summed E-state index contributed by atoms with van der Waals surface area (Å²) >= 11 is 6.39. The van der Waals surface area contributed by atoms with Crippen molar-refractivity contribution in [1.82, 2.24) is 10.2 Å². The molecule has 148 valence electrons. The summed E-state index contributed by atoms with van der Waals surface area (Å²) < 4.78 is 6.39. The zero-order chi connectivity index (χ0) is 19.6. The predicted octanol–water partition coefficient (Wildman–Crippen LogP) is 3.55. The van der Waals surface area contributed by atoms with Crippen LogP contribution in [0.15, 0.2) is 12.1 Å². The van der Waals surface area contributed by atoms with Crippen molar-refractivity contribution in [2.45, 2.75) is 57.7 Å². The minimum atomic E-state index is -0.451. The molecule has 1 aromatic rings. The van der Waals surface area contributed by atoms with Gasteiger partial charge in [-0.25, -0.2) is 0 Å². The van der Waals surface area contributed by atoms with E-state index in [1.807, 2.05) is 13.1 Å². The van der Waals surface area contributed by atoms with Crippen LogP contribution in [0.4, 0.5) is 5.69 Å². The quantitative estimate of drug-likeness (QED) is 0.837. The minimum Gasteiger partial charge on any atom is -0.482 e. The first-order valence-corrected chi connectivity index (χ1v) is 10.3. The molecule has 1 aromatic carbocycles. The summed E-state index contributed by atoms with van der Waals surface area (Å²) in [5.74, 6) is 1.12. The van der Waals surface area contributed by atoms with E-state index in [1.165, 1.54) is 12.8 Å². The molecule has 3 fully saturated rings. The molecule has 4 aliphatic rings. The number of nitrogens with one attached hydrogen (secondary N) is 1. The fraction of sp³-hybridized carbons (Fsp3) is 0.667. The monoisotopic (exact) mass is 391 g/mol. The van der Waals surface area contributed by atoms with E-state index < -0.39 is 5.60 Å². The van der Waals surface area contributed by atoms with E-state index in [1.54, 1.807) is 6.07 Å². The van der Waals surface area contributed by atoms with Gasteiger partial charge in [-0.1, -0.05) is 11.6 Å². The van der Waals surface area contributed by atoms with Gasteiger partial charge in [0, 0.05) is 24.7 Å². The van der Waals surface area contributed by atoms with Crippen molar-refractivity contribution in [3.63, 3.8) is 0 Å². The molecule has 3 saturated heterocycles. The average molecular weight is 392 g/mol. The Kier molecular flexibility index (Phi) is 4.39. The van der Waals surface area contributed by atoms with Gasteiger partial charge in [-0.15, -0.1) is 0 Å². The second kappa shape index (κ2) is 6.28. The third-order valence-corrected chi connectivity index (χ3v) is 7.50. The van der Waals surface area contributed by atoms with Gasteiger partial charge >= 0.3 is 0 Å². The molecule has 27 heavy (non-hydrogen) atoms. The molecular weight excluding hydrogens is 362 g/mol. The van der Waals surface area contributed by atoms with Crippen LogP contribution in [0.2, 0.25) is 5.02 Å². The van der Waals surface area contributed by atoms with Crippen molar-refractivity contribution >= 4 is 23.2 Å². The summed E-state index contributed by atoms with van der Waals surface area (Å²) in [7, 11) is 2.04. The largest absolute Gasteiger partial charge is 0.482 e. The summed E-state index contributed by atoms with van der Waals surface area (Å²) in [6.07, 6.45) is 2.33. The van der Waals surface area contributed by atoms with Gasteiger partial charge in [0.15, 0.2) is 5.75 Å². The van der Waals surface area contributed by atoms with Gasteiger partial charge in [0.2, 0.25) is 0 Å². The fourth-order valence-corrected chi connectivity index (χ4v) is 4.78. The molecule has 1 unspecified atom stereocenters. The molecule has 1 atom stereocenters. The van der Waals surface area contributed by atoms with Crippen LogP contribution in [-0.2, 0) is 0 Å². The Labute approximate surface area is 167 Å². The molecule has 5 nitrogen and oxygen atoms in total. The highest BCUT2D eigenvalue weighted by molar-refractivity contribution is 6.31. The molecule has 5 rings (SSSR count). The van der Waals surface area contributed by atoms with E-state index in [0.717, 1.165) is 25.3 Å². The fourth-order valence-electron chi connectivity index (χ4n) is 4.56.